The Hall–Kier alpha value is -0.0300. The van der Waals surface area contributed by atoms with E-state index in [4.69, 9.17) is 0 Å². The van der Waals surface area contributed by atoms with E-state index in [0.29, 0.717) is 0 Å². The average Bonchev–Trinajstić information content (AvgIpc) is 2.75. The predicted molar refractivity (Wildman–Crippen MR) is 83.6 cm³/mol. The van der Waals surface area contributed by atoms with Gasteiger partial charge in [-0.15, -0.1) is 11.3 Å². The van der Waals surface area contributed by atoms with E-state index in [1.54, 1.807) is 10.4 Å². The van der Waals surface area contributed by atoms with Crippen LogP contribution in [0.1, 0.15) is 29.2 Å². The average molecular weight is 284 g/mol. The Balaban J connectivity index is 1.63. The number of aryl methyl sites for hydroxylation is 1. The standard InChI is InChI=1S/C14H24N2S2/c1-11(2)8-15-4-5-16-9-13-7-12-10-17-6-3-14(12)18-13/h7,11,15-16H,3-6,8-10H2,1-2H3. The molecule has 2 nitrogen and oxygen atoms in total. The van der Waals surface area contributed by atoms with E-state index < -0.39 is 0 Å². The molecule has 0 saturated carbocycles. The highest BCUT2D eigenvalue weighted by atomic mass is 32.2. The summed E-state index contributed by atoms with van der Waals surface area (Å²) in [6.45, 7) is 8.77. The van der Waals surface area contributed by atoms with Gasteiger partial charge in [0.15, 0.2) is 0 Å². The van der Waals surface area contributed by atoms with Crippen molar-refractivity contribution < 1.29 is 0 Å². The summed E-state index contributed by atoms with van der Waals surface area (Å²) in [5.74, 6) is 3.27. The molecule has 2 heterocycles. The molecule has 0 aromatic carbocycles. The molecule has 0 unspecified atom stereocenters. The van der Waals surface area contributed by atoms with Crippen molar-refractivity contribution in [2.45, 2.75) is 32.6 Å². The maximum absolute atomic E-state index is 3.53. The first-order valence-corrected chi connectivity index (χ1v) is 8.82. The Labute approximate surface area is 119 Å². The summed E-state index contributed by atoms with van der Waals surface area (Å²) in [5.41, 5.74) is 1.59. The zero-order chi connectivity index (χ0) is 12.8. The van der Waals surface area contributed by atoms with Crippen molar-refractivity contribution in [3.05, 3.63) is 21.4 Å². The molecule has 1 aromatic heterocycles. The third-order valence-electron chi connectivity index (χ3n) is 3.01. The van der Waals surface area contributed by atoms with Gasteiger partial charge in [0.25, 0.3) is 0 Å². The summed E-state index contributed by atoms with van der Waals surface area (Å²) < 4.78 is 0. The summed E-state index contributed by atoms with van der Waals surface area (Å²) in [4.78, 5) is 3.13. The number of hydrogen-bond acceptors (Lipinski definition) is 4. The van der Waals surface area contributed by atoms with Crippen LogP contribution in [0.4, 0.5) is 0 Å². The lowest BCUT2D eigenvalue weighted by Gasteiger charge is -2.08. The predicted octanol–water partition coefficient (Wildman–Crippen LogP) is 2.87. The van der Waals surface area contributed by atoms with Crippen LogP contribution in [0.2, 0.25) is 0 Å². The van der Waals surface area contributed by atoms with Gasteiger partial charge in [-0.3, -0.25) is 0 Å². The third-order valence-corrected chi connectivity index (χ3v) is 5.25. The molecule has 2 rings (SSSR count). The van der Waals surface area contributed by atoms with Gasteiger partial charge in [0.1, 0.15) is 0 Å². The molecule has 2 N–H and O–H groups in total. The number of hydrogen-bond donors (Lipinski definition) is 2. The van der Waals surface area contributed by atoms with Gasteiger partial charge >= 0.3 is 0 Å². The molecular formula is C14H24N2S2. The highest BCUT2D eigenvalue weighted by Crippen LogP contribution is 2.31. The first-order valence-electron chi connectivity index (χ1n) is 6.85. The summed E-state index contributed by atoms with van der Waals surface area (Å²) in [7, 11) is 0. The molecule has 1 aromatic rings. The Morgan fingerprint density at radius 2 is 2.11 bits per heavy atom. The second kappa shape index (κ2) is 7.53. The maximum Gasteiger partial charge on any atom is 0.0300 e. The van der Waals surface area contributed by atoms with Gasteiger partial charge in [-0.2, -0.15) is 11.8 Å². The monoisotopic (exact) mass is 284 g/mol. The molecule has 0 atom stereocenters. The minimum Gasteiger partial charge on any atom is -0.315 e. The van der Waals surface area contributed by atoms with Crippen LogP contribution in [0.5, 0.6) is 0 Å². The summed E-state index contributed by atoms with van der Waals surface area (Å²) in [6.07, 6.45) is 1.28. The van der Waals surface area contributed by atoms with Crippen LogP contribution < -0.4 is 10.6 Å². The molecule has 4 heteroatoms. The molecule has 18 heavy (non-hydrogen) atoms. The van der Waals surface area contributed by atoms with Crippen LogP contribution in [-0.4, -0.2) is 25.4 Å². The van der Waals surface area contributed by atoms with E-state index in [2.05, 4.69) is 42.3 Å². The van der Waals surface area contributed by atoms with Gasteiger partial charge < -0.3 is 10.6 Å². The zero-order valence-electron chi connectivity index (χ0n) is 11.4. The van der Waals surface area contributed by atoms with Crippen molar-refractivity contribution in [3.63, 3.8) is 0 Å². The van der Waals surface area contributed by atoms with Crippen LogP contribution in [0, 0.1) is 5.92 Å². The first-order chi connectivity index (χ1) is 8.75. The summed E-state index contributed by atoms with van der Waals surface area (Å²) in [6, 6.07) is 2.40. The van der Waals surface area contributed by atoms with E-state index in [9.17, 15) is 0 Å². The van der Waals surface area contributed by atoms with Gasteiger partial charge in [-0.1, -0.05) is 13.8 Å². The largest absolute Gasteiger partial charge is 0.315 e. The van der Waals surface area contributed by atoms with Gasteiger partial charge in [0.2, 0.25) is 0 Å². The lowest BCUT2D eigenvalue weighted by molar-refractivity contribution is 0.536. The topological polar surface area (TPSA) is 24.1 Å². The Morgan fingerprint density at radius 3 is 2.89 bits per heavy atom. The fourth-order valence-electron chi connectivity index (χ4n) is 2.08. The number of thioether (sulfide) groups is 1. The number of thiophene rings is 1. The van der Waals surface area contributed by atoms with E-state index >= 15 is 0 Å². The first kappa shape index (κ1) is 14.4. The number of nitrogens with one attached hydrogen (secondary N) is 2. The van der Waals surface area contributed by atoms with E-state index in [1.807, 2.05) is 11.3 Å². The van der Waals surface area contributed by atoms with E-state index in [-0.39, 0.29) is 0 Å². The minimum atomic E-state index is 0.742. The minimum absolute atomic E-state index is 0.742. The van der Waals surface area contributed by atoms with Crippen LogP contribution in [0.3, 0.4) is 0 Å². The molecular weight excluding hydrogens is 260 g/mol. The van der Waals surface area contributed by atoms with Crippen LogP contribution in [0.15, 0.2) is 6.07 Å². The van der Waals surface area contributed by atoms with Gasteiger partial charge in [-0.25, -0.2) is 0 Å². The lowest BCUT2D eigenvalue weighted by atomic mass is 10.2. The van der Waals surface area contributed by atoms with Crippen molar-refractivity contribution >= 4 is 23.1 Å². The molecule has 0 saturated heterocycles. The third kappa shape index (κ3) is 4.57. The molecule has 0 amide bonds. The Bertz CT molecular complexity index is 337. The quantitative estimate of drug-likeness (QED) is 0.753. The zero-order valence-corrected chi connectivity index (χ0v) is 13.1. The second-order valence-electron chi connectivity index (χ2n) is 5.24. The Kier molecular flexibility index (Phi) is 6.02. The SMILES string of the molecule is CC(C)CNCCNCc1cc2c(s1)CCSC2. The second-order valence-corrected chi connectivity index (χ2v) is 7.56. The van der Waals surface area contributed by atoms with Gasteiger partial charge in [0.05, 0.1) is 0 Å². The van der Waals surface area contributed by atoms with Crippen molar-refractivity contribution in [3.8, 4) is 0 Å². The molecule has 1 aliphatic heterocycles. The fourth-order valence-corrected chi connectivity index (χ4v) is 4.42. The molecule has 0 bridgehead atoms. The highest BCUT2D eigenvalue weighted by Gasteiger charge is 2.12. The van der Waals surface area contributed by atoms with Crippen LogP contribution in [-0.2, 0) is 18.7 Å². The van der Waals surface area contributed by atoms with Crippen molar-refractivity contribution in [1.29, 1.82) is 0 Å². The Morgan fingerprint density at radius 1 is 1.28 bits per heavy atom. The lowest BCUT2D eigenvalue weighted by Crippen LogP contribution is -2.29. The summed E-state index contributed by atoms with van der Waals surface area (Å²) >= 11 is 4.07. The van der Waals surface area contributed by atoms with Gasteiger partial charge in [0, 0.05) is 35.1 Å². The van der Waals surface area contributed by atoms with Crippen LogP contribution >= 0.6 is 23.1 Å². The fraction of sp³-hybridized carbons (Fsp3) is 0.714. The van der Waals surface area contributed by atoms with Crippen molar-refractivity contribution in [2.75, 3.05) is 25.4 Å². The van der Waals surface area contributed by atoms with Gasteiger partial charge in [-0.05, 0) is 36.3 Å². The van der Waals surface area contributed by atoms with Crippen molar-refractivity contribution in [2.24, 2.45) is 5.92 Å². The van der Waals surface area contributed by atoms with Crippen LogP contribution in [0.25, 0.3) is 0 Å². The number of fused-ring (bicyclic) bond motifs is 1. The molecule has 0 aliphatic carbocycles. The molecule has 0 radical (unpaired) electrons. The number of rotatable bonds is 7. The maximum atomic E-state index is 3.53. The smallest absolute Gasteiger partial charge is 0.0300 e. The highest BCUT2D eigenvalue weighted by molar-refractivity contribution is 7.98. The molecule has 0 spiro atoms. The van der Waals surface area contributed by atoms with E-state index in [1.165, 1.54) is 22.8 Å². The normalized spacial score (nSPS) is 15.1. The summed E-state index contributed by atoms with van der Waals surface area (Å²) in [5, 5.41) is 6.98. The molecule has 102 valence electrons. The molecule has 0 fully saturated rings. The van der Waals surface area contributed by atoms with E-state index in [0.717, 1.165) is 32.1 Å². The van der Waals surface area contributed by atoms with Crippen molar-refractivity contribution in [1.82, 2.24) is 10.6 Å². The molecule has 1 aliphatic rings.